The molecule has 0 amide bonds. The Labute approximate surface area is 208 Å². The van der Waals surface area contributed by atoms with Crippen LogP contribution < -0.4 is 0 Å². The number of furan rings is 1. The van der Waals surface area contributed by atoms with Crippen LogP contribution in [0, 0.1) is 0 Å². The molecular weight excluding hydrogens is 496 g/mol. The molecule has 2 aromatic heterocycles. The van der Waals surface area contributed by atoms with Gasteiger partial charge in [0.2, 0.25) is 0 Å². The second-order valence-corrected chi connectivity index (χ2v) is 8.62. The second-order valence-electron chi connectivity index (χ2n) is 7.75. The zero-order chi connectivity index (χ0) is 24.6. The van der Waals surface area contributed by atoms with Gasteiger partial charge < -0.3 is 4.42 Å². The molecule has 3 nitrogen and oxygen atoms in total. The van der Waals surface area contributed by atoms with E-state index in [1.807, 2.05) is 30.3 Å². The van der Waals surface area contributed by atoms with Crippen molar-refractivity contribution in [1.29, 1.82) is 0 Å². The van der Waals surface area contributed by atoms with Gasteiger partial charge in [-0.25, -0.2) is 0 Å². The molecule has 3 aromatic carbocycles. The van der Waals surface area contributed by atoms with E-state index < -0.39 is 11.7 Å². The number of hydrogen-bond donors (Lipinski definition) is 0. The van der Waals surface area contributed by atoms with E-state index in [-0.39, 0.29) is 0 Å². The van der Waals surface area contributed by atoms with E-state index in [4.69, 9.17) is 27.6 Å². The van der Waals surface area contributed by atoms with Gasteiger partial charge in [-0.3, -0.25) is 0 Å². The van der Waals surface area contributed by atoms with Gasteiger partial charge in [0, 0.05) is 32.3 Å². The third kappa shape index (κ3) is 4.94. The molecule has 0 atom stereocenters. The van der Waals surface area contributed by atoms with Crippen LogP contribution in [0.25, 0.3) is 45.2 Å². The zero-order valence-electron chi connectivity index (χ0n) is 17.9. The molecule has 0 saturated heterocycles. The lowest BCUT2D eigenvalue weighted by Crippen LogP contribution is -2.04. The monoisotopic (exact) mass is 510 g/mol. The molecule has 0 unspecified atom stereocenters. The first kappa shape index (κ1) is 23.1. The fourth-order valence-electron chi connectivity index (χ4n) is 3.65. The Balaban J connectivity index is 1.62. The standard InChI is InChI=1S/C27H15Cl2F3N2O/c28-20-8-4-16(5-9-20)23-15-22(26(34-33-23)17-6-10-21(29)11-7-17)25-13-12-24(35-25)18-2-1-3-19(14-18)27(30,31)32/h1-15H. The minimum Gasteiger partial charge on any atom is -0.456 e. The average Bonchev–Trinajstić information content (AvgIpc) is 3.35. The van der Waals surface area contributed by atoms with Crippen molar-refractivity contribution in [2.75, 3.05) is 0 Å². The highest BCUT2D eigenvalue weighted by Crippen LogP contribution is 2.38. The smallest absolute Gasteiger partial charge is 0.416 e. The van der Waals surface area contributed by atoms with E-state index in [1.54, 1.807) is 42.5 Å². The van der Waals surface area contributed by atoms with Gasteiger partial charge in [-0.15, -0.1) is 10.2 Å². The van der Waals surface area contributed by atoms with E-state index in [0.29, 0.717) is 44.1 Å². The quantitative estimate of drug-likeness (QED) is 0.242. The van der Waals surface area contributed by atoms with Crippen molar-refractivity contribution in [2.24, 2.45) is 0 Å². The molecule has 0 aliphatic rings. The third-order valence-corrected chi connectivity index (χ3v) is 5.90. The van der Waals surface area contributed by atoms with E-state index in [1.165, 1.54) is 6.07 Å². The van der Waals surface area contributed by atoms with Crippen LogP contribution in [-0.4, -0.2) is 10.2 Å². The number of aromatic nitrogens is 2. The van der Waals surface area contributed by atoms with E-state index in [0.717, 1.165) is 23.3 Å². The van der Waals surface area contributed by atoms with Crippen molar-refractivity contribution in [2.45, 2.75) is 6.18 Å². The Morgan fingerprint density at radius 2 is 1.26 bits per heavy atom. The van der Waals surface area contributed by atoms with Crippen molar-refractivity contribution in [3.8, 4) is 45.2 Å². The molecule has 8 heteroatoms. The van der Waals surface area contributed by atoms with Gasteiger partial charge in [0.15, 0.2) is 0 Å². The van der Waals surface area contributed by atoms with Gasteiger partial charge in [-0.2, -0.15) is 13.2 Å². The van der Waals surface area contributed by atoms with Crippen molar-refractivity contribution in [1.82, 2.24) is 10.2 Å². The summed E-state index contributed by atoms with van der Waals surface area (Å²) in [6.07, 6.45) is -4.45. The minimum absolute atomic E-state index is 0.304. The van der Waals surface area contributed by atoms with E-state index in [2.05, 4.69) is 10.2 Å². The average molecular weight is 511 g/mol. The fraction of sp³-hybridized carbons (Fsp3) is 0.0370. The van der Waals surface area contributed by atoms with E-state index in [9.17, 15) is 13.2 Å². The maximum atomic E-state index is 13.2. The van der Waals surface area contributed by atoms with E-state index >= 15 is 0 Å². The molecule has 35 heavy (non-hydrogen) atoms. The summed E-state index contributed by atoms with van der Waals surface area (Å²) in [5.74, 6) is 0.741. The predicted octanol–water partition coefficient (Wildman–Crippen LogP) is 9.06. The Bertz CT molecular complexity index is 1490. The van der Waals surface area contributed by atoms with Crippen LogP contribution in [0.5, 0.6) is 0 Å². The number of halogens is 5. The number of nitrogens with zero attached hydrogens (tertiary/aromatic N) is 2. The summed E-state index contributed by atoms with van der Waals surface area (Å²) in [6, 6.07) is 24.5. The first-order valence-corrected chi connectivity index (χ1v) is 11.2. The molecule has 0 aliphatic carbocycles. The van der Waals surface area contributed by atoms with Crippen LogP contribution >= 0.6 is 23.2 Å². The first-order chi connectivity index (χ1) is 16.8. The van der Waals surface area contributed by atoms with Crippen molar-refractivity contribution in [3.63, 3.8) is 0 Å². The molecular formula is C27H15Cl2F3N2O. The lowest BCUT2D eigenvalue weighted by atomic mass is 10.0. The molecule has 174 valence electrons. The Hall–Kier alpha value is -3.61. The number of hydrogen-bond acceptors (Lipinski definition) is 3. The topological polar surface area (TPSA) is 38.9 Å². The highest BCUT2D eigenvalue weighted by atomic mass is 35.5. The van der Waals surface area contributed by atoms with Crippen molar-refractivity contribution >= 4 is 23.2 Å². The fourth-order valence-corrected chi connectivity index (χ4v) is 3.90. The Morgan fingerprint density at radius 1 is 0.629 bits per heavy atom. The molecule has 0 spiro atoms. The maximum Gasteiger partial charge on any atom is 0.416 e. The molecule has 0 aliphatic heterocycles. The molecule has 0 N–H and O–H groups in total. The van der Waals surface area contributed by atoms with Crippen LogP contribution in [0.15, 0.2) is 95.4 Å². The Kier molecular flexibility index (Phi) is 6.09. The van der Waals surface area contributed by atoms with Crippen LogP contribution in [0.1, 0.15) is 5.56 Å². The van der Waals surface area contributed by atoms with Crippen molar-refractivity contribution < 1.29 is 17.6 Å². The summed E-state index contributed by atoms with van der Waals surface area (Å²) in [7, 11) is 0. The summed E-state index contributed by atoms with van der Waals surface area (Å²) in [6.45, 7) is 0. The van der Waals surface area contributed by atoms with Gasteiger partial charge in [0.1, 0.15) is 17.2 Å². The van der Waals surface area contributed by atoms with Gasteiger partial charge in [-0.1, -0.05) is 59.6 Å². The summed E-state index contributed by atoms with van der Waals surface area (Å²) >= 11 is 12.1. The van der Waals surface area contributed by atoms with Crippen LogP contribution in [0.3, 0.4) is 0 Å². The highest BCUT2D eigenvalue weighted by Gasteiger charge is 2.30. The second kappa shape index (κ2) is 9.21. The normalized spacial score (nSPS) is 11.6. The molecule has 0 radical (unpaired) electrons. The molecule has 0 saturated carbocycles. The summed E-state index contributed by atoms with van der Waals surface area (Å²) < 4.78 is 45.6. The Morgan fingerprint density at radius 3 is 1.91 bits per heavy atom. The van der Waals surface area contributed by atoms with Gasteiger partial charge in [0.05, 0.1) is 11.3 Å². The lowest BCUT2D eigenvalue weighted by Gasteiger charge is -2.10. The van der Waals surface area contributed by atoms with Crippen LogP contribution in [-0.2, 0) is 6.18 Å². The zero-order valence-corrected chi connectivity index (χ0v) is 19.4. The molecule has 0 fully saturated rings. The first-order valence-electron chi connectivity index (χ1n) is 10.5. The minimum atomic E-state index is -4.45. The molecule has 2 heterocycles. The largest absolute Gasteiger partial charge is 0.456 e. The number of benzene rings is 3. The van der Waals surface area contributed by atoms with Gasteiger partial charge in [-0.05, 0) is 54.6 Å². The molecule has 0 bridgehead atoms. The molecule has 5 rings (SSSR count). The molecule has 5 aromatic rings. The summed E-state index contributed by atoms with van der Waals surface area (Å²) in [4.78, 5) is 0. The van der Waals surface area contributed by atoms with Crippen molar-refractivity contribution in [3.05, 3.63) is 107 Å². The van der Waals surface area contributed by atoms with Gasteiger partial charge in [0.25, 0.3) is 0 Å². The lowest BCUT2D eigenvalue weighted by molar-refractivity contribution is -0.137. The summed E-state index contributed by atoms with van der Waals surface area (Å²) in [5, 5.41) is 9.99. The predicted molar refractivity (Wildman–Crippen MR) is 131 cm³/mol. The highest BCUT2D eigenvalue weighted by molar-refractivity contribution is 6.30. The number of alkyl halides is 3. The van der Waals surface area contributed by atoms with Crippen LogP contribution in [0.4, 0.5) is 13.2 Å². The third-order valence-electron chi connectivity index (χ3n) is 5.40. The maximum absolute atomic E-state index is 13.2. The summed E-state index contributed by atoms with van der Waals surface area (Å²) in [5.41, 5.74) is 2.90. The SMILES string of the molecule is FC(F)(F)c1cccc(-c2ccc(-c3cc(-c4ccc(Cl)cc4)nnc3-c3ccc(Cl)cc3)o2)c1. The number of rotatable bonds is 4. The van der Waals surface area contributed by atoms with Gasteiger partial charge >= 0.3 is 6.18 Å². The van der Waals surface area contributed by atoms with Crippen LogP contribution in [0.2, 0.25) is 10.0 Å².